The van der Waals surface area contributed by atoms with Gasteiger partial charge in [-0.25, -0.2) is 4.39 Å². The zero-order chi connectivity index (χ0) is 15.1. The van der Waals surface area contributed by atoms with E-state index < -0.39 is 0 Å². The zero-order valence-electron chi connectivity index (χ0n) is 11.5. The predicted octanol–water partition coefficient (Wildman–Crippen LogP) is 2.09. The summed E-state index contributed by atoms with van der Waals surface area (Å²) in [4.78, 5) is 6.00. The fourth-order valence-electron chi connectivity index (χ4n) is 2.15. The molecule has 0 atom stereocenters. The Bertz CT molecular complexity index is 625. The highest BCUT2D eigenvalue weighted by atomic mass is 19.1. The molecule has 1 heterocycles. The molecule has 0 saturated carbocycles. The Balaban J connectivity index is 2.16. The van der Waals surface area contributed by atoms with E-state index in [4.69, 9.17) is 5.26 Å². The Morgan fingerprint density at radius 2 is 2.14 bits per heavy atom. The van der Waals surface area contributed by atoms with Gasteiger partial charge in [-0.2, -0.15) is 5.26 Å². The first kappa shape index (κ1) is 15.1. The third-order valence-corrected chi connectivity index (χ3v) is 3.13. The van der Waals surface area contributed by atoms with Crippen LogP contribution in [0.5, 0.6) is 0 Å². The van der Waals surface area contributed by atoms with Crippen LogP contribution >= 0.6 is 0 Å². The van der Waals surface area contributed by atoms with Crippen molar-refractivity contribution in [3.63, 3.8) is 0 Å². The van der Waals surface area contributed by atoms with E-state index in [0.717, 1.165) is 5.56 Å². The van der Waals surface area contributed by atoms with Crippen LogP contribution in [0.3, 0.4) is 0 Å². The number of aliphatic hydroxyl groups is 1. The Morgan fingerprint density at radius 3 is 2.81 bits per heavy atom. The molecule has 0 aliphatic rings. The number of nitriles is 1. The van der Waals surface area contributed by atoms with Crippen LogP contribution in [0.2, 0.25) is 0 Å². The van der Waals surface area contributed by atoms with Gasteiger partial charge in [-0.1, -0.05) is 6.07 Å². The van der Waals surface area contributed by atoms with Gasteiger partial charge in [-0.15, -0.1) is 0 Å². The summed E-state index contributed by atoms with van der Waals surface area (Å²) in [6.07, 6.45) is 3.45. The highest BCUT2D eigenvalue weighted by Crippen LogP contribution is 2.15. The highest BCUT2D eigenvalue weighted by Gasteiger charge is 2.11. The van der Waals surface area contributed by atoms with E-state index in [9.17, 15) is 9.50 Å². The lowest BCUT2D eigenvalue weighted by molar-refractivity contribution is 0.184. The van der Waals surface area contributed by atoms with Gasteiger partial charge in [-0.3, -0.25) is 9.88 Å². The topological polar surface area (TPSA) is 60.2 Å². The number of halogens is 1. The number of nitrogens with zero attached hydrogens (tertiary/aromatic N) is 3. The van der Waals surface area contributed by atoms with Crippen LogP contribution in [-0.2, 0) is 13.1 Å². The number of hydrogen-bond donors (Lipinski definition) is 1. The maximum absolute atomic E-state index is 13.4. The van der Waals surface area contributed by atoms with Crippen molar-refractivity contribution in [2.24, 2.45) is 0 Å². The summed E-state index contributed by atoms with van der Waals surface area (Å²) < 4.78 is 13.4. The molecule has 5 heteroatoms. The number of rotatable bonds is 6. The zero-order valence-corrected chi connectivity index (χ0v) is 11.5. The van der Waals surface area contributed by atoms with Gasteiger partial charge in [0.15, 0.2) is 0 Å². The molecule has 108 valence electrons. The largest absolute Gasteiger partial charge is 0.395 e. The number of aromatic nitrogens is 1. The van der Waals surface area contributed by atoms with Crippen LogP contribution in [0.25, 0.3) is 0 Å². The minimum atomic E-state index is -0.366. The molecule has 4 nitrogen and oxygen atoms in total. The molecular weight excluding hydrogens is 269 g/mol. The normalized spacial score (nSPS) is 10.6. The molecule has 0 spiro atoms. The summed E-state index contributed by atoms with van der Waals surface area (Å²) in [5.74, 6) is -0.366. The highest BCUT2D eigenvalue weighted by molar-refractivity contribution is 5.37. The van der Waals surface area contributed by atoms with Gasteiger partial charge in [0.2, 0.25) is 0 Å². The number of hydrogen-bond acceptors (Lipinski definition) is 4. The fourth-order valence-corrected chi connectivity index (χ4v) is 2.15. The average Bonchev–Trinajstić information content (AvgIpc) is 2.49. The van der Waals surface area contributed by atoms with Gasteiger partial charge >= 0.3 is 0 Å². The third kappa shape index (κ3) is 4.35. The summed E-state index contributed by atoms with van der Waals surface area (Å²) in [5.41, 5.74) is 2.07. The van der Waals surface area contributed by atoms with Crippen LogP contribution < -0.4 is 0 Å². The van der Waals surface area contributed by atoms with E-state index in [-0.39, 0.29) is 12.4 Å². The smallest absolute Gasteiger partial charge is 0.123 e. The van der Waals surface area contributed by atoms with Crippen molar-refractivity contribution in [2.75, 3.05) is 13.2 Å². The maximum atomic E-state index is 13.4. The molecule has 0 unspecified atom stereocenters. The molecule has 0 radical (unpaired) electrons. The standard InChI is InChI=1S/C16H16FN3O/c17-16-4-3-14(9-18)15(8-16)12-20(6-7-21)11-13-2-1-5-19-10-13/h1-5,8,10,21H,6-7,11-12H2. The molecule has 0 bridgehead atoms. The molecule has 0 amide bonds. The second-order valence-corrected chi connectivity index (χ2v) is 4.71. The summed E-state index contributed by atoms with van der Waals surface area (Å²) >= 11 is 0. The van der Waals surface area contributed by atoms with E-state index in [0.29, 0.717) is 30.8 Å². The minimum Gasteiger partial charge on any atom is -0.395 e. The number of benzene rings is 1. The van der Waals surface area contributed by atoms with E-state index in [1.54, 1.807) is 12.4 Å². The van der Waals surface area contributed by atoms with Gasteiger partial charge < -0.3 is 5.11 Å². The number of aliphatic hydroxyl groups excluding tert-OH is 1. The Labute approximate surface area is 123 Å². The Hall–Kier alpha value is -2.29. The van der Waals surface area contributed by atoms with E-state index in [2.05, 4.69) is 11.1 Å². The molecule has 0 aliphatic heterocycles. The van der Waals surface area contributed by atoms with Crippen molar-refractivity contribution >= 4 is 0 Å². The lowest BCUT2D eigenvalue weighted by Crippen LogP contribution is -2.26. The van der Waals surface area contributed by atoms with E-state index >= 15 is 0 Å². The quantitative estimate of drug-likeness (QED) is 0.883. The van der Waals surface area contributed by atoms with Crippen LogP contribution in [-0.4, -0.2) is 28.1 Å². The number of pyridine rings is 1. The lowest BCUT2D eigenvalue weighted by Gasteiger charge is -2.22. The molecule has 0 fully saturated rings. The van der Waals surface area contributed by atoms with Crippen LogP contribution in [0.1, 0.15) is 16.7 Å². The van der Waals surface area contributed by atoms with Crippen molar-refractivity contribution in [3.8, 4) is 6.07 Å². The lowest BCUT2D eigenvalue weighted by atomic mass is 10.1. The second kappa shape index (κ2) is 7.48. The molecule has 21 heavy (non-hydrogen) atoms. The molecular formula is C16H16FN3O. The molecule has 1 N–H and O–H groups in total. The Morgan fingerprint density at radius 1 is 1.29 bits per heavy atom. The third-order valence-electron chi connectivity index (χ3n) is 3.13. The van der Waals surface area contributed by atoms with Gasteiger partial charge in [0.05, 0.1) is 18.2 Å². The van der Waals surface area contributed by atoms with Crippen LogP contribution in [0.4, 0.5) is 4.39 Å². The molecule has 2 rings (SSSR count). The first-order valence-corrected chi connectivity index (χ1v) is 6.63. The van der Waals surface area contributed by atoms with E-state index in [1.165, 1.54) is 18.2 Å². The summed E-state index contributed by atoms with van der Waals surface area (Å²) in [6.45, 7) is 1.42. The Kier molecular flexibility index (Phi) is 5.38. The van der Waals surface area contributed by atoms with E-state index in [1.807, 2.05) is 17.0 Å². The molecule has 0 saturated heterocycles. The fraction of sp³-hybridized carbons (Fsp3) is 0.250. The first-order chi connectivity index (χ1) is 10.2. The first-order valence-electron chi connectivity index (χ1n) is 6.63. The maximum Gasteiger partial charge on any atom is 0.123 e. The van der Waals surface area contributed by atoms with Crippen LogP contribution in [0.15, 0.2) is 42.7 Å². The van der Waals surface area contributed by atoms with Crippen LogP contribution in [0, 0.1) is 17.1 Å². The SMILES string of the molecule is N#Cc1ccc(F)cc1CN(CCO)Cc1cccnc1. The molecule has 0 aliphatic carbocycles. The predicted molar refractivity (Wildman–Crippen MR) is 76.6 cm³/mol. The van der Waals surface area contributed by atoms with Crippen molar-refractivity contribution in [1.29, 1.82) is 5.26 Å². The molecule has 1 aromatic carbocycles. The van der Waals surface area contributed by atoms with Gasteiger partial charge in [0.1, 0.15) is 5.82 Å². The van der Waals surface area contributed by atoms with Gasteiger partial charge in [0, 0.05) is 32.0 Å². The molecule has 2 aromatic rings. The summed E-state index contributed by atoms with van der Waals surface area (Å²) in [7, 11) is 0. The minimum absolute atomic E-state index is 0.00252. The van der Waals surface area contributed by atoms with Crippen molar-refractivity contribution in [2.45, 2.75) is 13.1 Å². The van der Waals surface area contributed by atoms with Gasteiger partial charge in [-0.05, 0) is 35.4 Å². The van der Waals surface area contributed by atoms with Crippen molar-refractivity contribution in [3.05, 3.63) is 65.2 Å². The summed E-state index contributed by atoms with van der Waals surface area (Å²) in [6, 6.07) is 9.97. The van der Waals surface area contributed by atoms with Crippen molar-refractivity contribution < 1.29 is 9.50 Å². The average molecular weight is 285 g/mol. The van der Waals surface area contributed by atoms with Crippen molar-refractivity contribution in [1.82, 2.24) is 9.88 Å². The van der Waals surface area contributed by atoms with Gasteiger partial charge in [0.25, 0.3) is 0 Å². The monoisotopic (exact) mass is 285 g/mol. The molecule has 1 aromatic heterocycles. The summed E-state index contributed by atoms with van der Waals surface area (Å²) in [5, 5.41) is 18.3. The second-order valence-electron chi connectivity index (χ2n) is 4.71.